The molecule has 0 atom stereocenters. The van der Waals surface area contributed by atoms with E-state index in [1.807, 2.05) is 13.0 Å². The molecule has 2 rings (SSSR count). The van der Waals surface area contributed by atoms with E-state index < -0.39 is 5.91 Å². The monoisotopic (exact) mass is 359 g/mol. The molecule has 130 valence electrons. The lowest BCUT2D eigenvalue weighted by Crippen LogP contribution is -2.26. The number of carbonyl (C=O) groups excluding carboxylic acids is 1. The Kier molecular flexibility index (Phi) is 7.26. The highest BCUT2D eigenvalue weighted by Crippen LogP contribution is 2.24. The fraction of sp³-hybridized carbons (Fsp3) is 0.278. The molecule has 0 aliphatic heterocycles. The second-order valence-electron chi connectivity index (χ2n) is 5.06. The SMILES string of the molecule is CCOCCCNC(=O)C(C#N)=Cc1csc(-c2ccc(F)cc2)n1. The number of benzene rings is 1. The second kappa shape index (κ2) is 9.67. The topological polar surface area (TPSA) is 75.0 Å². The predicted octanol–water partition coefficient (Wildman–Crippen LogP) is 3.40. The van der Waals surface area contributed by atoms with Crippen molar-refractivity contribution >= 4 is 23.3 Å². The zero-order chi connectivity index (χ0) is 18.1. The molecule has 1 aromatic heterocycles. The smallest absolute Gasteiger partial charge is 0.262 e. The normalized spacial score (nSPS) is 11.2. The van der Waals surface area contributed by atoms with Crippen LogP contribution in [0.25, 0.3) is 16.6 Å². The minimum absolute atomic E-state index is 0.00707. The molecular formula is C18H18FN3O2S. The van der Waals surface area contributed by atoms with Gasteiger partial charge in [0, 0.05) is 30.7 Å². The Morgan fingerprint density at radius 2 is 2.20 bits per heavy atom. The number of hydrogen-bond donors (Lipinski definition) is 1. The molecule has 5 nitrogen and oxygen atoms in total. The summed E-state index contributed by atoms with van der Waals surface area (Å²) >= 11 is 1.36. The van der Waals surface area contributed by atoms with E-state index in [-0.39, 0.29) is 11.4 Å². The van der Waals surface area contributed by atoms with E-state index in [4.69, 9.17) is 4.74 Å². The largest absolute Gasteiger partial charge is 0.382 e. The third kappa shape index (κ3) is 5.78. The molecule has 1 amide bonds. The number of carbonyl (C=O) groups is 1. The van der Waals surface area contributed by atoms with E-state index in [0.29, 0.717) is 36.9 Å². The minimum Gasteiger partial charge on any atom is -0.382 e. The van der Waals surface area contributed by atoms with Gasteiger partial charge in [-0.15, -0.1) is 11.3 Å². The van der Waals surface area contributed by atoms with E-state index in [0.717, 1.165) is 5.56 Å². The maximum absolute atomic E-state index is 13.0. The summed E-state index contributed by atoms with van der Waals surface area (Å²) in [6, 6.07) is 7.89. The van der Waals surface area contributed by atoms with Crippen LogP contribution in [0.15, 0.2) is 35.2 Å². The van der Waals surface area contributed by atoms with Crippen molar-refractivity contribution in [3.8, 4) is 16.6 Å². The van der Waals surface area contributed by atoms with Crippen LogP contribution in [0.2, 0.25) is 0 Å². The lowest BCUT2D eigenvalue weighted by Gasteiger charge is -2.04. The first-order valence-corrected chi connectivity index (χ1v) is 8.71. The summed E-state index contributed by atoms with van der Waals surface area (Å²) in [4.78, 5) is 16.4. The lowest BCUT2D eigenvalue weighted by molar-refractivity contribution is -0.117. The number of hydrogen-bond acceptors (Lipinski definition) is 5. The molecule has 0 unspecified atom stereocenters. The maximum atomic E-state index is 13.0. The first kappa shape index (κ1) is 18.8. The van der Waals surface area contributed by atoms with E-state index >= 15 is 0 Å². The molecule has 0 saturated heterocycles. The van der Waals surface area contributed by atoms with Gasteiger partial charge in [0.05, 0.1) is 5.69 Å². The number of rotatable bonds is 8. The lowest BCUT2D eigenvalue weighted by atomic mass is 10.2. The number of nitriles is 1. The molecular weight excluding hydrogens is 341 g/mol. The molecule has 0 saturated carbocycles. The third-order valence-corrected chi connectivity index (χ3v) is 4.14. The zero-order valence-electron chi connectivity index (χ0n) is 13.8. The minimum atomic E-state index is -0.435. The predicted molar refractivity (Wildman–Crippen MR) is 95.2 cm³/mol. The Balaban J connectivity index is 2.01. The molecule has 0 bridgehead atoms. The number of aromatic nitrogens is 1. The average molecular weight is 359 g/mol. The van der Waals surface area contributed by atoms with Crippen molar-refractivity contribution in [2.45, 2.75) is 13.3 Å². The van der Waals surface area contributed by atoms with Crippen molar-refractivity contribution in [2.75, 3.05) is 19.8 Å². The van der Waals surface area contributed by atoms with E-state index in [1.54, 1.807) is 17.5 Å². The summed E-state index contributed by atoms with van der Waals surface area (Å²) in [6.45, 7) is 3.55. The van der Waals surface area contributed by atoms with Gasteiger partial charge in [0.2, 0.25) is 0 Å². The van der Waals surface area contributed by atoms with Crippen LogP contribution >= 0.6 is 11.3 Å². The second-order valence-corrected chi connectivity index (χ2v) is 5.92. The summed E-state index contributed by atoms with van der Waals surface area (Å²) in [7, 11) is 0. The van der Waals surface area contributed by atoms with E-state index in [9.17, 15) is 14.4 Å². The van der Waals surface area contributed by atoms with Crippen molar-refractivity contribution in [3.05, 3.63) is 46.7 Å². The molecule has 1 aromatic carbocycles. The highest BCUT2D eigenvalue weighted by molar-refractivity contribution is 7.13. The molecule has 7 heteroatoms. The van der Waals surface area contributed by atoms with Crippen molar-refractivity contribution in [1.82, 2.24) is 10.3 Å². The van der Waals surface area contributed by atoms with Gasteiger partial charge in [-0.25, -0.2) is 9.37 Å². The van der Waals surface area contributed by atoms with Crippen LogP contribution in [0.1, 0.15) is 19.0 Å². The van der Waals surface area contributed by atoms with Crippen LogP contribution in [-0.2, 0) is 9.53 Å². The number of amides is 1. The molecule has 0 aliphatic carbocycles. The van der Waals surface area contributed by atoms with Crippen LogP contribution in [-0.4, -0.2) is 30.6 Å². The van der Waals surface area contributed by atoms with Gasteiger partial charge in [0.1, 0.15) is 22.5 Å². The van der Waals surface area contributed by atoms with Gasteiger partial charge < -0.3 is 10.1 Å². The molecule has 0 spiro atoms. The molecule has 1 heterocycles. The highest BCUT2D eigenvalue weighted by atomic mass is 32.1. The van der Waals surface area contributed by atoms with Crippen LogP contribution < -0.4 is 5.32 Å². The number of nitrogens with one attached hydrogen (secondary N) is 1. The maximum Gasteiger partial charge on any atom is 0.262 e. The fourth-order valence-electron chi connectivity index (χ4n) is 1.99. The fourth-order valence-corrected chi connectivity index (χ4v) is 2.77. The van der Waals surface area contributed by atoms with Crippen molar-refractivity contribution in [1.29, 1.82) is 5.26 Å². The average Bonchev–Trinajstić information content (AvgIpc) is 3.08. The van der Waals surface area contributed by atoms with Gasteiger partial charge in [-0.2, -0.15) is 5.26 Å². The molecule has 0 aliphatic rings. The highest BCUT2D eigenvalue weighted by Gasteiger charge is 2.10. The number of halogens is 1. The van der Waals surface area contributed by atoms with Crippen LogP contribution in [0.3, 0.4) is 0 Å². The van der Waals surface area contributed by atoms with Crippen LogP contribution in [0.4, 0.5) is 4.39 Å². The molecule has 1 N–H and O–H groups in total. The standard InChI is InChI=1S/C18H18FN3O2S/c1-2-24-9-3-8-21-17(23)14(11-20)10-16-12-25-18(22-16)13-4-6-15(19)7-5-13/h4-7,10,12H,2-3,8-9H2,1H3,(H,21,23). The van der Waals surface area contributed by atoms with Crippen molar-refractivity contribution in [3.63, 3.8) is 0 Å². The summed E-state index contributed by atoms with van der Waals surface area (Å²) in [5.74, 6) is -0.747. The van der Waals surface area contributed by atoms with Gasteiger partial charge in [-0.3, -0.25) is 4.79 Å². The Morgan fingerprint density at radius 1 is 1.44 bits per heavy atom. The molecule has 0 radical (unpaired) electrons. The zero-order valence-corrected chi connectivity index (χ0v) is 14.6. The van der Waals surface area contributed by atoms with Crippen LogP contribution in [0.5, 0.6) is 0 Å². The first-order chi connectivity index (χ1) is 12.1. The Bertz CT molecular complexity index is 778. The van der Waals surface area contributed by atoms with Gasteiger partial charge in [-0.1, -0.05) is 0 Å². The molecule has 25 heavy (non-hydrogen) atoms. The van der Waals surface area contributed by atoms with E-state index in [1.165, 1.54) is 29.5 Å². The summed E-state index contributed by atoms with van der Waals surface area (Å²) in [6.07, 6.45) is 2.13. The number of ether oxygens (including phenoxy) is 1. The Hall–Kier alpha value is -2.56. The third-order valence-electron chi connectivity index (χ3n) is 3.23. The summed E-state index contributed by atoms with van der Waals surface area (Å²) < 4.78 is 18.2. The molecule has 2 aromatic rings. The van der Waals surface area contributed by atoms with Gasteiger partial charge >= 0.3 is 0 Å². The molecule has 0 fully saturated rings. The van der Waals surface area contributed by atoms with Gasteiger partial charge in [0.25, 0.3) is 5.91 Å². The van der Waals surface area contributed by atoms with E-state index in [2.05, 4.69) is 10.3 Å². The van der Waals surface area contributed by atoms with Crippen molar-refractivity contribution in [2.24, 2.45) is 0 Å². The Morgan fingerprint density at radius 3 is 2.88 bits per heavy atom. The quantitative estimate of drug-likeness (QED) is 0.445. The van der Waals surface area contributed by atoms with Crippen molar-refractivity contribution < 1.29 is 13.9 Å². The summed E-state index contributed by atoms with van der Waals surface area (Å²) in [5.41, 5.74) is 1.29. The summed E-state index contributed by atoms with van der Waals surface area (Å²) in [5, 5.41) is 14.3. The number of nitrogens with zero attached hydrogens (tertiary/aromatic N) is 2. The van der Waals surface area contributed by atoms with Crippen LogP contribution in [0, 0.1) is 17.1 Å². The van der Waals surface area contributed by atoms with Gasteiger partial charge in [-0.05, 0) is 43.7 Å². The number of thiazole rings is 1. The first-order valence-electron chi connectivity index (χ1n) is 7.83. The Labute approximate surface area is 149 Å². The van der Waals surface area contributed by atoms with Gasteiger partial charge in [0.15, 0.2) is 0 Å².